The maximum atomic E-state index is 13.1. The number of aryl methyl sites for hydroxylation is 1. The van der Waals surface area contributed by atoms with E-state index in [9.17, 15) is 18.0 Å². The summed E-state index contributed by atoms with van der Waals surface area (Å²) in [4.78, 5) is 27.7. The average molecular weight is 487 g/mol. The Morgan fingerprint density at radius 1 is 1.00 bits per heavy atom. The van der Waals surface area contributed by atoms with Crippen LogP contribution in [0, 0.1) is 0 Å². The van der Waals surface area contributed by atoms with Gasteiger partial charge in [-0.2, -0.15) is 4.31 Å². The maximum Gasteiger partial charge on any atom is 0.409 e. The Hall–Kier alpha value is -3.11. The Morgan fingerprint density at radius 3 is 2.44 bits per heavy atom. The van der Waals surface area contributed by atoms with Crippen LogP contribution in [0.2, 0.25) is 0 Å². The standard InChI is InChI=1S/C24H30N4O5S/c1-33-24(30)26-14-16-27(17-15-26)34(31,32)21-9-10-22-20(18-21)11-13-28(22)23(29)25-12-5-8-19-6-3-2-4-7-19/h2-4,6-7,9-10,18H,5,8,11-17H2,1H3,(H,25,29). The van der Waals surface area contributed by atoms with Gasteiger partial charge < -0.3 is 15.0 Å². The number of hydrogen-bond acceptors (Lipinski definition) is 5. The summed E-state index contributed by atoms with van der Waals surface area (Å²) >= 11 is 0. The van der Waals surface area contributed by atoms with E-state index in [1.165, 1.54) is 21.9 Å². The van der Waals surface area contributed by atoms with E-state index in [2.05, 4.69) is 17.4 Å². The lowest BCUT2D eigenvalue weighted by Gasteiger charge is -2.33. The molecule has 1 N–H and O–H groups in total. The number of ether oxygens (including phenoxy) is 1. The Balaban J connectivity index is 1.34. The van der Waals surface area contributed by atoms with Crippen LogP contribution in [0.25, 0.3) is 0 Å². The Bertz CT molecular complexity index is 1130. The van der Waals surface area contributed by atoms with Gasteiger partial charge in [-0.1, -0.05) is 30.3 Å². The normalized spacial score (nSPS) is 16.3. The fourth-order valence-corrected chi connectivity index (χ4v) is 5.84. The van der Waals surface area contributed by atoms with E-state index in [4.69, 9.17) is 4.74 Å². The first kappa shape index (κ1) is 24.0. The minimum absolute atomic E-state index is 0.165. The predicted octanol–water partition coefficient (Wildman–Crippen LogP) is 2.46. The second kappa shape index (κ2) is 10.4. The molecule has 0 spiro atoms. The highest BCUT2D eigenvalue weighted by molar-refractivity contribution is 7.89. The smallest absolute Gasteiger partial charge is 0.409 e. The third-order valence-electron chi connectivity index (χ3n) is 6.26. The number of carbonyl (C=O) groups is 2. The van der Waals surface area contributed by atoms with Gasteiger partial charge in [0.25, 0.3) is 0 Å². The van der Waals surface area contributed by atoms with Crippen LogP contribution in [0.5, 0.6) is 0 Å². The third-order valence-corrected chi connectivity index (χ3v) is 8.16. The van der Waals surface area contributed by atoms with E-state index in [1.807, 2.05) is 18.2 Å². The molecule has 2 aliphatic rings. The zero-order chi connectivity index (χ0) is 24.1. The summed E-state index contributed by atoms with van der Waals surface area (Å²) in [6, 6.07) is 14.9. The molecule has 1 saturated heterocycles. The second-order valence-corrected chi connectivity index (χ2v) is 10.3. The van der Waals surface area contributed by atoms with Crippen molar-refractivity contribution in [3.8, 4) is 0 Å². The molecule has 0 aliphatic carbocycles. The van der Waals surface area contributed by atoms with Crippen LogP contribution in [0.15, 0.2) is 53.4 Å². The molecule has 3 amide bonds. The summed E-state index contributed by atoms with van der Waals surface area (Å²) in [5.74, 6) is 0. The van der Waals surface area contributed by atoms with E-state index in [0.717, 1.165) is 24.1 Å². The number of carbonyl (C=O) groups excluding carboxylic acids is 2. The maximum absolute atomic E-state index is 13.1. The topological polar surface area (TPSA) is 99.3 Å². The predicted molar refractivity (Wildman–Crippen MR) is 128 cm³/mol. The van der Waals surface area contributed by atoms with Crippen molar-refractivity contribution in [3.63, 3.8) is 0 Å². The molecule has 0 unspecified atom stereocenters. The van der Waals surface area contributed by atoms with Gasteiger partial charge >= 0.3 is 12.1 Å². The summed E-state index contributed by atoms with van der Waals surface area (Å²) in [5, 5.41) is 2.97. The molecule has 0 bridgehead atoms. The highest BCUT2D eigenvalue weighted by Gasteiger charge is 2.32. The number of sulfonamides is 1. The van der Waals surface area contributed by atoms with Crippen LogP contribution in [0.1, 0.15) is 17.5 Å². The van der Waals surface area contributed by atoms with Crippen LogP contribution >= 0.6 is 0 Å². The van der Waals surface area contributed by atoms with E-state index < -0.39 is 16.1 Å². The van der Waals surface area contributed by atoms with Crippen molar-refractivity contribution in [3.05, 3.63) is 59.7 Å². The number of fused-ring (bicyclic) bond motifs is 1. The molecule has 2 aromatic rings. The third kappa shape index (κ3) is 5.18. The zero-order valence-corrected chi connectivity index (χ0v) is 20.1. The molecule has 2 aliphatic heterocycles. The molecule has 10 heteroatoms. The van der Waals surface area contributed by atoms with Crippen LogP contribution in [0.4, 0.5) is 15.3 Å². The van der Waals surface area contributed by atoms with Crippen LogP contribution in [-0.2, 0) is 27.6 Å². The van der Waals surface area contributed by atoms with Crippen molar-refractivity contribution < 1.29 is 22.7 Å². The number of nitrogens with zero attached hydrogens (tertiary/aromatic N) is 3. The molecule has 0 aromatic heterocycles. The molecular weight excluding hydrogens is 456 g/mol. The molecule has 0 saturated carbocycles. The molecule has 0 radical (unpaired) electrons. The fourth-order valence-electron chi connectivity index (χ4n) is 4.37. The lowest BCUT2D eigenvalue weighted by atomic mass is 10.1. The number of hydrogen-bond donors (Lipinski definition) is 1. The van der Waals surface area contributed by atoms with Gasteiger partial charge in [0, 0.05) is 45.0 Å². The highest BCUT2D eigenvalue weighted by atomic mass is 32.2. The summed E-state index contributed by atoms with van der Waals surface area (Å²) in [6.07, 6.45) is 1.89. The summed E-state index contributed by atoms with van der Waals surface area (Å²) < 4.78 is 32.4. The molecule has 0 atom stereocenters. The fraction of sp³-hybridized carbons (Fsp3) is 0.417. The lowest BCUT2D eigenvalue weighted by molar-refractivity contribution is 0.108. The van der Waals surface area contributed by atoms with Gasteiger partial charge in [0.05, 0.1) is 12.0 Å². The lowest BCUT2D eigenvalue weighted by Crippen LogP contribution is -2.50. The second-order valence-electron chi connectivity index (χ2n) is 8.37. The molecular formula is C24H30N4O5S. The van der Waals surface area contributed by atoms with Gasteiger partial charge in [0.1, 0.15) is 0 Å². The molecule has 2 aromatic carbocycles. The Morgan fingerprint density at radius 2 is 1.74 bits per heavy atom. The zero-order valence-electron chi connectivity index (χ0n) is 19.3. The van der Waals surface area contributed by atoms with Gasteiger partial charge in [-0.05, 0) is 48.6 Å². The van der Waals surface area contributed by atoms with Crippen molar-refractivity contribution >= 4 is 27.8 Å². The summed E-state index contributed by atoms with van der Waals surface area (Å²) in [6.45, 7) is 2.09. The minimum atomic E-state index is -3.69. The van der Waals surface area contributed by atoms with E-state index in [1.54, 1.807) is 23.1 Å². The number of nitrogens with one attached hydrogen (secondary N) is 1. The number of benzene rings is 2. The average Bonchev–Trinajstić information content (AvgIpc) is 3.30. The van der Waals surface area contributed by atoms with Crippen molar-refractivity contribution in [1.82, 2.24) is 14.5 Å². The van der Waals surface area contributed by atoms with Crippen LogP contribution < -0.4 is 10.2 Å². The van der Waals surface area contributed by atoms with Gasteiger partial charge in [0.2, 0.25) is 10.0 Å². The van der Waals surface area contributed by atoms with Crippen molar-refractivity contribution in [1.29, 1.82) is 0 Å². The van der Waals surface area contributed by atoms with E-state index >= 15 is 0 Å². The number of urea groups is 1. The number of rotatable bonds is 6. The minimum Gasteiger partial charge on any atom is -0.453 e. The SMILES string of the molecule is COC(=O)N1CCN(S(=O)(=O)c2ccc3c(c2)CCN3C(=O)NCCCc2ccccc2)CC1. The van der Waals surface area contributed by atoms with Crippen molar-refractivity contribution in [2.75, 3.05) is 51.3 Å². The largest absolute Gasteiger partial charge is 0.453 e. The Kier molecular flexibility index (Phi) is 7.38. The van der Waals surface area contributed by atoms with Crippen molar-refractivity contribution in [2.24, 2.45) is 0 Å². The van der Waals surface area contributed by atoms with E-state index in [0.29, 0.717) is 19.5 Å². The number of amides is 3. The molecule has 182 valence electrons. The molecule has 1 fully saturated rings. The van der Waals surface area contributed by atoms with Gasteiger partial charge in [-0.25, -0.2) is 18.0 Å². The number of methoxy groups -OCH3 is 1. The van der Waals surface area contributed by atoms with Gasteiger partial charge in [0.15, 0.2) is 0 Å². The number of anilines is 1. The molecule has 4 rings (SSSR count). The monoisotopic (exact) mass is 486 g/mol. The first-order chi connectivity index (χ1) is 16.4. The molecule has 2 heterocycles. The first-order valence-corrected chi connectivity index (χ1v) is 12.9. The van der Waals surface area contributed by atoms with Crippen molar-refractivity contribution in [2.45, 2.75) is 24.2 Å². The van der Waals surface area contributed by atoms with E-state index in [-0.39, 0.29) is 37.1 Å². The summed E-state index contributed by atoms with van der Waals surface area (Å²) in [5.41, 5.74) is 2.83. The summed E-state index contributed by atoms with van der Waals surface area (Å²) in [7, 11) is -2.38. The van der Waals surface area contributed by atoms with Gasteiger partial charge in [-0.15, -0.1) is 0 Å². The number of piperazine rings is 1. The Labute approximate surface area is 200 Å². The molecule has 9 nitrogen and oxygen atoms in total. The molecule has 34 heavy (non-hydrogen) atoms. The first-order valence-electron chi connectivity index (χ1n) is 11.5. The van der Waals surface area contributed by atoms with Crippen LogP contribution in [0.3, 0.4) is 0 Å². The van der Waals surface area contributed by atoms with Gasteiger partial charge in [-0.3, -0.25) is 4.90 Å². The highest BCUT2D eigenvalue weighted by Crippen LogP contribution is 2.31. The quantitative estimate of drug-likeness (QED) is 0.633. The van der Waals surface area contributed by atoms with Crippen LogP contribution in [-0.4, -0.2) is 76.1 Å².